The first-order valence-electron chi connectivity index (χ1n) is 19.4. The van der Waals surface area contributed by atoms with Crippen molar-refractivity contribution in [3.8, 4) is 29.1 Å². The molecule has 0 fully saturated rings. The summed E-state index contributed by atoms with van der Waals surface area (Å²) in [6.07, 6.45) is 0. The summed E-state index contributed by atoms with van der Waals surface area (Å²) in [5.74, 6) is 1.99. The molecule has 7 nitrogen and oxygen atoms in total. The number of aryl methyl sites for hydroxylation is 1. The minimum Gasteiger partial charge on any atom is -0.459 e. The zero-order chi connectivity index (χ0) is 42.0. The smallest absolute Gasteiger partial charge is 0.260 e. The molecule has 57 heavy (non-hydrogen) atoms. The lowest BCUT2D eigenvalue weighted by atomic mass is 9.76. The Hall–Kier alpha value is -7.14. The van der Waals surface area contributed by atoms with Crippen molar-refractivity contribution in [1.82, 2.24) is 0 Å². The van der Waals surface area contributed by atoms with Gasteiger partial charge in [-0.1, -0.05) is 128 Å². The van der Waals surface area contributed by atoms with E-state index in [-0.39, 0.29) is 17.3 Å². The standard InChI is InChI=1S/C42H26N4O3.4C2H6/c1-28-13-18-35(25-29(28)27-43)48-33-19-14-30(15-20-33)42(38-12-8-7-11-37(38)41(47)46(42)32-9-5-4-6-10-32)31-16-21-34(22-17-31)49-36-23-24-39(44-2)40(26-36)45-3;4*1-2/h4-26H,1H3;4*1-2H3. The summed E-state index contributed by atoms with van der Waals surface area (Å²) in [6.45, 7) is 32.6. The van der Waals surface area contributed by atoms with E-state index in [2.05, 4.69) is 15.8 Å². The van der Waals surface area contributed by atoms with Crippen molar-refractivity contribution in [2.75, 3.05) is 4.90 Å². The van der Waals surface area contributed by atoms with Crippen molar-refractivity contribution in [2.24, 2.45) is 0 Å². The van der Waals surface area contributed by atoms with Gasteiger partial charge in [0.1, 0.15) is 28.5 Å². The molecule has 1 heterocycles. The fraction of sp³-hybridized carbons (Fsp3) is 0.200. The lowest BCUT2D eigenvalue weighted by Gasteiger charge is -2.40. The molecule has 0 spiro atoms. The summed E-state index contributed by atoms with van der Waals surface area (Å²) in [4.78, 5) is 23.1. The molecule has 1 atom stereocenters. The quantitative estimate of drug-likeness (QED) is 0.152. The van der Waals surface area contributed by atoms with Gasteiger partial charge in [0.05, 0.1) is 24.8 Å². The van der Waals surface area contributed by atoms with Gasteiger partial charge in [0.15, 0.2) is 11.4 Å². The van der Waals surface area contributed by atoms with E-state index in [4.69, 9.17) is 22.6 Å². The molecule has 7 rings (SSSR count). The maximum absolute atomic E-state index is 14.4. The number of carbonyl (C=O) groups is 1. The van der Waals surface area contributed by atoms with E-state index in [0.717, 1.165) is 27.9 Å². The molecule has 1 unspecified atom stereocenters. The number of benzene rings is 6. The highest BCUT2D eigenvalue weighted by Crippen LogP contribution is 2.51. The number of anilines is 1. The predicted molar refractivity (Wildman–Crippen MR) is 233 cm³/mol. The average molecular weight is 755 g/mol. The Balaban J connectivity index is 0.00000102. The number of amides is 1. The second-order valence-electron chi connectivity index (χ2n) is 11.4. The minimum absolute atomic E-state index is 0.127. The molecule has 0 saturated carbocycles. The lowest BCUT2D eigenvalue weighted by Crippen LogP contribution is -2.46. The van der Waals surface area contributed by atoms with Crippen LogP contribution in [0.25, 0.3) is 9.69 Å². The van der Waals surface area contributed by atoms with Crippen LogP contribution in [0.15, 0.2) is 140 Å². The van der Waals surface area contributed by atoms with Crippen LogP contribution in [-0.4, -0.2) is 5.91 Å². The zero-order valence-electron chi connectivity index (χ0n) is 34.3. The molecule has 7 heteroatoms. The van der Waals surface area contributed by atoms with Crippen molar-refractivity contribution in [3.63, 3.8) is 0 Å². The molecule has 288 valence electrons. The number of carbonyl (C=O) groups excluding carboxylic acids is 1. The number of para-hydroxylation sites is 1. The van der Waals surface area contributed by atoms with E-state index in [1.807, 2.05) is 182 Å². The van der Waals surface area contributed by atoms with E-state index in [1.165, 1.54) is 0 Å². The maximum atomic E-state index is 14.4. The number of ether oxygens (including phenoxy) is 2. The van der Waals surface area contributed by atoms with Crippen LogP contribution in [0.2, 0.25) is 0 Å². The number of fused-ring (bicyclic) bond motifs is 1. The fourth-order valence-electron chi connectivity index (χ4n) is 6.34. The Morgan fingerprint density at radius 2 is 1.05 bits per heavy atom. The van der Waals surface area contributed by atoms with Gasteiger partial charge < -0.3 is 9.47 Å². The third kappa shape index (κ3) is 9.22. The van der Waals surface area contributed by atoms with Gasteiger partial charge >= 0.3 is 0 Å². The summed E-state index contributed by atoms with van der Waals surface area (Å²) in [5.41, 5.74) is 4.70. The minimum atomic E-state index is -1.06. The summed E-state index contributed by atoms with van der Waals surface area (Å²) >= 11 is 0. The van der Waals surface area contributed by atoms with Crippen LogP contribution in [0, 0.1) is 31.4 Å². The Bertz CT molecular complexity index is 2350. The van der Waals surface area contributed by atoms with Crippen LogP contribution in [0.3, 0.4) is 0 Å². The van der Waals surface area contributed by atoms with E-state index in [1.54, 1.807) is 24.3 Å². The molecule has 0 bridgehead atoms. The molecule has 1 aliphatic heterocycles. The highest BCUT2D eigenvalue weighted by atomic mass is 16.5. The summed E-state index contributed by atoms with van der Waals surface area (Å²) < 4.78 is 12.3. The highest BCUT2D eigenvalue weighted by Gasteiger charge is 2.52. The zero-order valence-corrected chi connectivity index (χ0v) is 34.3. The normalized spacial score (nSPS) is 13.0. The second-order valence-corrected chi connectivity index (χ2v) is 11.4. The van der Waals surface area contributed by atoms with Gasteiger partial charge in [-0.15, -0.1) is 0 Å². The number of nitriles is 1. The Labute approximate surface area is 339 Å². The number of nitrogens with zero attached hydrogens (tertiary/aromatic N) is 4. The van der Waals surface area contributed by atoms with E-state index >= 15 is 0 Å². The molecular formula is C50H50N4O3. The first kappa shape index (κ1) is 44.3. The third-order valence-electron chi connectivity index (χ3n) is 8.63. The van der Waals surface area contributed by atoms with Gasteiger partial charge in [-0.2, -0.15) is 5.26 Å². The van der Waals surface area contributed by atoms with Gasteiger partial charge in [-0.05, 0) is 95.9 Å². The SMILES string of the molecule is CC.CC.CC.CC.[C-]#[N+]c1ccc(Oc2ccc(C3(c4ccc(Oc5ccc(C)c(C#N)c5)cc4)c4ccccc4C(=O)N3c3ccccc3)cc2)cc1[N+]#[C-]. The topological polar surface area (TPSA) is 71.3 Å². The molecule has 0 aromatic heterocycles. The Morgan fingerprint density at radius 3 is 1.58 bits per heavy atom. The molecular weight excluding hydrogens is 705 g/mol. The first-order chi connectivity index (χ1) is 28.0. The average Bonchev–Trinajstić information content (AvgIpc) is 3.56. The molecule has 1 aliphatic rings. The summed E-state index contributed by atoms with van der Waals surface area (Å²) in [7, 11) is 0. The van der Waals surface area contributed by atoms with Crippen LogP contribution >= 0.6 is 0 Å². The number of rotatable bonds is 7. The van der Waals surface area contributed by atoms with Gasteiger partial charge in [-0.25, -0.2) is 4.85 Å². The van der Waals surface area contributed by atoms with Gasteiger partial charge in [0.2, 0.25) is 0 Å². The van der Waals surface area contributed by atoms with E-state index < -0.39 is 5.54 Å². The molecule has 1 amide bonds. The fourth-order valence-corrected chi connectivity index (χ4v) is 6.34. The van der Waals surface area contributed by atoms with Gasteiger partial charge in [0, 0.05) is 11.3 Å². The number of hydrogen-bond acceptors (Lipinski definition) is 4. The Kier molecular flexibility index (Phi) is 16.8. The predicted octanol–water partition coefficient (Wildman–Crippen LogP) is 14.6. The van der Waals surface area contributed by atoms with E-state index in [9.17, 15) is 10.1 Å². The molecule has 0 aliphatic carbocycles. The Morgan fingerprint density at radius 1 is 0.579 bits per heavy atom. The monoisotopic (exact) mass is 754 g/mol. The van der Waals surface area contributed by atoms with Crippen molar-refractivity contribution < 1.29 is 14.3 Å². The largest absolute Gasteiger partial charge is 0.459 e. The molecule has 6 aromatic carbocycles. The molecule has 0 radical (unpaired) electrons. The lowest BCUT2D eigenvalue weighted by molar-refractivity contribution is 0.0986. The highest BCUT2D eigenvalue weighted by molar-refractivity contribution is 6.13. The maximum Gasteiger partial charge on any atom is 0.260 e. The second kappa shape index (κ2) is 21.7. The van der Waals surface area contributed by atoms with Crippen LogP contribution in [0.1, 0.15) is 93.6 Å². The molecule has 0 N–H and O–H groups in total. The van der Waals surface area contributed by atoms with Crippen molar-refractivity contribution >= 4 is 23.0 Å². The van der Waals surface area contributed by atoms with Crippen LogP contribution < -0.4 is 14.4 Å². The van der Waals surface area contributed by atoms with Crippen LogP contribution in [-0.2, 0) is 5.54 Å². The van der Waals surface area contributed by atoms with Crippen LogP contribution in [0.4, 0.5) is 17.1 Å². The third-order valence-corrected chi connectivity index (χ3v) is 8.63. The van der Waals surface area contributed by atoms with Crippen molar-refractivity contribution in [3.05, 3.63) is 196 Å². The summed E-state index contributed by atoms with van der Waals surface area (Å²) in [5, 5.41) is 9.49. The van der Waals surface area contributed by atoms with Gasteiger partial charge in [0.25, 0.3) is 5.91 Å². The summed E-state index contributed by atoms with van der Waals surface area (Å²) in [6, 6.07) is 44.9. The molecule has 0 saturated heterocycles. The first-order valence-corrected chi connectivity index (χ1v) is 19.4. The number of hydrogen-bond donors (Lipinski definition) is 0. The van der Waals surface area contributed by atoms with Crippen LogP contribution in [0.5, 0.6) is 23.0 Å². The van der Waals surface area contributed by atoms with Crippen molar-refractivity contribution in [2.45, 2.75) is 67.9 Å². The van der Waals surface area contributed by atoms with Gasteiger partial charge in [-0.3, -0.25) is 14.5 Å². The molecule has 6 aromatic rings. The van der Waals surface area contributed by atoms with E-state index in [0.29, 0.717) is 34.1 Å². The van der Waals surface area contributed by atoms with Crippen molar-refractivity contribution in [1.29, 1.82) is 5.26 Å².